The van der Waals surface area contributed by atoms with Crippen molar-refractivity contribution in [1.29, 1.82) is 5.26 Å². The first-order valence-corrected chi connectivity index (χ1v) is 5.87. The summed E-state index contributed by atoms with van der Waals surface area (Å²) in [5.74, 6) is 0.0948. The maximum atomic E-state index is 11.0. The summed E-state index contributed by atoms with van der Waals surface area (Å²) < 4.78 is 6.82. The van der Waals surface area contributed by atoms with Crippen LogP contribution >= 0.6 is 11.6 Å². The molecule has 0 fully saturated rings. The van der Waals surface area contributed by atoms with Crippen LogP contribution in [0.15, 0.2) is 18.2 Å². The Bertz CT molecular complexity index is 733. The summed E-state index contributed by atoms with van der Waals surface area (Å²) in [6.07, 6.45) is 0. The fourth-order valence-corrected chi connectivity index (χ4v) is 1.87. The lowest BCUT2D eigenvalue weighted by atomic mass is 10.2. The number of nitro groups is 1. The van der Waals surface area contributed by atoms with Crippen LogP contribution in [0.2, 0.25) is 5.02 Å². The number of rotatable bonds is 3. The average molecular weight is 293 g/mol. The van der Waals surface area contributed by atoms with Crippen molar-refractivity contribution in [2.45, 2.75) is 6.92 Å². The van der Waals surface area contributed by atoms with E-state index in [1.54, 1.807) is 14.0 Å². The Labute approximate surface area is 119 Å². The van der Waals surface area contributed by atoms with Gasteiger partial charge in [-0.25, -0.2) is 4.68 Å². The summed E-state index contributed by atoms with van der Waals surface area (Å²) in [5.41, 5.74) is 0.466. The Morgan fingerprint density at radius 1 is 1.55 bits per heavy atom. The van der Waals surface area contributed by atoms with Crippen LogP contribution < -0.4 is 4.74 Å². The zero-order chi connectivity index (χ0) is 14.9. The third-order valence-electron chi connectivity index (χ3n) is 2.61. The molecule has 20 heavy (non-hydrogen) atoms. The van der Waals surface area contributed by atoms with Crippen molar-refractivity contribution in [3.63, 3.8) is 0 Å². The molecule has 1 heterocycles. The normalized spacial score (nSPS) is 10.1. The van der Waals surface area contributed by atoms with E-state index in [1.807, 2.05) is 6.07 Å². The SMILES string of the molecule is Cc1nn(C)c(Oc2cc(Cl)ccc2[N+](=O)[O-])c1C#N. The van der Waals surface area contributed by atoms with Gasteiger partial charge in [0.1, 0.15) is 11.6 Å². The second-order valence-electron chi connectivity index (χ2n) is 3.97. The van der Waals surface area contributed by atoms with Crippen LogP contribution in [0.3, 0.4) is 0 Å². The van der Waals surface area contributed by atoms with Crippen LogP contribution in [-0.2, 0) is 7.05 Å². The Hall–Kier alpha value is -2.59. The molecular formula is C12H9ClN4O3. The highest BCUT2D eigenvalue weighted by Crippen LogP contribution is 2.35. The fraction of sp³-hybridized carbons (Fsp3) is 0.167. The number of halogens is 1. The van der Waals surface area contributed by atoms with E-state index in [9.17, 15) is 10.1 Å². The van der Waals surface area contributed by atoms with Crippen LogP contribution in [0.4, 0.5) is 5.69 Å². The van der Waals surface area contributed by atoms with E-state index in [2.05, 4.69) is 5.10 Å². The molecule has 0 aliphatic heterocycles. The van der Waals surface area contributed by atoms with Crippen molar-refractivity contribution in [2.75, 3.05) is 0 Å². The largest absolute Gasteiger partial charge is 0.431 e. The van der Waals surface area contributed by atoms with Crippen molar-refractivity contribution in [1.82, 2.24) is 9.78 Å². The smallest absolute Gasteiger partial charge is 0.311 e. The highest BCUT2D eigenvalue weighted by molar-refractivity contribution is 6.30. The first-order chi connectivity index (χ1) is 9.43. The number of benzene rings is 1. The zero-order valence-electron chi connectivity index (χ0n) is 10.6. The first-order valence-electron chi connectivity index (χ1n) is 5.49. The Morgan fingerprint density at radius 3 is 2.85 bits per heavy atom. The summed E-state index contributed by atoms with van der Waals surface area (Å²) in [5, 5.41) is 24.4. The number of nitro benzene ring substituents is 1. The topological polar surface area (TPSA) is 94.0 Å². The Balaban J connectivity index is 2.53. The standard InChI is InChI=1S/C12H9ClN4O3/c1-7-9(6-14)12(16(2)15-7)20-11-5-8(13)3-4-10(11)17(18)19/h3-5H,1-2H3. The lowest BCUT2D eigenvalue weighted by Crippen LogP contribution is -1.99. The molecule has 0 unspecified atom stereocenters. The molecule has 0 atom stereocenters. The van der Waals surface area contributed by atoms with Gasteiger partial charge in [0.25, 0.3) is 0 Å². The number of hydrogen-bond acceptors (Lipinski definition) is 5. The van der Waals surface area contributed by atoms with Gasteiger partial charge >= 0.3 is 5.69 Å². The number of ether oxygens (including phenoxy) is 1. The van der Waals surface area contributed by atoms with E-state index in [0.29, 0.717) is 10.7 Å². The summed E-state index contributed by atoms with van der Waals surface area (Å²) in [7, 11) is 1.58. The van der Waals surface area contributed by atoms with E-state index in [-0.39, 0.29) is 22.9 Å². The van der Waals surface area contributed by atoms with Crippen LogP contribution in [0.25, 0.3) is 0 Å². The molecule has 0 radical (unpaired) electrons. The highest BCUT2D eigenvalue weighted by Gasteiger charge is 2.21. The van der Waals surface area contributed by atoms with Crippen molar-refractivity contribution in [2.24, 2.45) is 7.05 Å². The third-order valence-corrected chi connectivity index (χ3v) is 2.84. The summed E-state index contributed by atoms with van der Waals surface area (Å²) in [6, 6.07) is 5.92. The minimum Gasteiger partial charge on any atom is -0.431 e. The molecule has 0 saturated carbocycles. The van der Waals surface area contributed by atoms with E-state index >= 15 is 0 Å². The summed E-state index contributed by atoms with van der Waals surface area (Å²) in [4.78, 5) is 10.4. The molecule has 2 rings (SSSR count). The van der Waals surface area contributed by atoms with Crippen LogP contribution in [-0.4, -0.2) is 14.7 Å². The van der Waals surface area contributed by atoms with Gasteiger partial charge in [0.2, 0.25) is 11.6 Å². The van der Waals surface area contributed by atoms with Gasteiger partial charge in [0.05, 0.1) is 10.6 Å². The van der Waals surface area contributed by atoms with Crippen LogP contribution in [0, 0.1) is 28.4 Å². The van der Waals surface area contributed by atoms with E-state index in [1.165, 1.54) is 22.9 Å². The van der Waals surface area contributed by atoms with Crippen molar-refractivity contribution >= 4 is 17.3 Å². The molecule has 0 amide bonds. The predicted octanol–water partition coefficient (Wildman–Crippen LogP) is 2.95. The quantitative estimate of drug-likeness (QED) is 0.640. The van der Waals surface area contributed by atoms with Crippen molar-refractivity contribution in [3.8, 4) is 17.7 Å². The average Bonchev–Trinajstić information content (AvgIpc) is 2.63. The number of hydrogen-bond donors (Lipinski definition) is 0. The van der Waals surface area contributed by atoms with E-state index < -0.39 is 4.92 Å². The third kappa shape index (κ3) is 2.41. The molecule has 7 nitrogen and oxygen atoms in total. The van der Waals surface area contributed by atoms with E-state index in [4.69, 9.17) is 21.6 Å². The lowest BCUT2D eigenvalue weighted by Gasteiger charge is -2.07. The van der Waals surface area contributed by atoms with Crippen LogP contribution in [0.1, 0.15) is 11.3 Å². The molecule has 0 spiro atoms. The van der Waals surface area contributed by atoms with Gasteiger partial charge in [0.15, 0.2) is 0 Å². The minimum atomic E-state index is -0.582. The molecule has 0 aliphatic rings. The molecule has 0 N–H and O–H groups in total. The molecule has 1 aromatic heterocycles. The minimum absolute atomic E-state index is 0.0398. The van der Waals surface area contributed by atoms with Crippen molar-refractivity contribution in [3.05, 3.63) is 44.6 Å². The van der Waals surface area contributed by atoms with Gasteiger partial charge in [-0.2, -0.15) is 10.4 Å². The number of nitrogens with zero attached hydrogens (tertiary/aromatic N) is 4. The second-order valence-corrected chi connectivity index (χ2v) is 4.41. The lowest BCUT2D eigenvalue weighted by molar-refractivity contribution is -0.385. The van der Waals surface area contributed by atoms with E-state index in [0.717, 1.165) is 0 Å². The molecule has 2 aromatic rings. The van der Waals surface area contributed by atoms with Gasteiger partial charge in [-0.15, -0.1) is 0 Å². The zero-order valence-corrected chi connectivity index (χ0v) is 11.4. The highest BCUT2D eigenvalue weighted by atomic mass is 35.5. The maximum Gasteiger partial charge on any atom is 0.311 e. The predicted molar refractivity (Wildman–Crippen MR) is 70.8 cm³/mol. The number of aryl methyl sites for hydroxylation is 2. The Kier molecular flexibility index (Phi) is 3.59. The number of nitriles is 1. The van der Waals surface area contributed by atoms with Gasteiger partial charge in [-0.05, 0) is 13.0 Å². The van der Waals surface area contributed by atoms with Gasteiger partial charge in [-0.3, -0.25) is 10.1 Å². The molecule has 1 aromatic carbocycles. The van der Waals surface area contributed by atoms with Gasteiger partial charge in [0, 0.05) is 24.2 Å². The second kappa shape index (κ2) is 5.19. The molecule has 0 saturated heterocycles. The summed E-state index contributed by atoms with van der Waals surface area (Å²) >= 11 is 5.82. The molecule has 102 valence electrons. The molecule has 0 aliphatic carbocycles. The number of aromatic nitrogens is 2. The van der Waals surface area contributed by atoms with Crippen molar-refractivity contribution < 1.29 is 9.66 Å². The Morgan fingerprint density at radius 2 is 2.25 bits per heavy atom. The molecule has 8 heteroatoms. The maximum absolute atomic E-state index is 11.0. The fourth-order valence-electron chi connectivity index (χ4n) is 1.71. The monoisotopic (exact) mass is 292 g/mol. The van der Waals surface area contributed by atoms with Crippen LogP contribution in [0.5, 0.6) is 11.6 Å². The van der Waals surface area contributed by atoms with Gasteiger partial charge < -0.3 is 4.74 Å². The van der Waals surface area contributed by atoms with Gasteiger partial charge in [-0.1, -0.05) is 11.6 Å². The first kappa shape index (κ1) is 13.8. The molecule has 0 bridgehead atoms. The molecular weight excluding hydrogens is 284 g/mol. The summed E-state index contributed by atoms with van der Waals surface area (Å²) in [6.45, 7) is 1.65.